The van der Waals surface area contributed by atoms with Gasteiger partial charge in [0.15, 0.2) is 5.96 Å². The molecule has 0 amide bonds. The molecule has 3 heterocycles. The first-order valence-corrected chi connectivity index (χ1v) is 10.4. The van der Waals surface area contributed by atoms with Crippen LogP contribution in [0.3, 0.4) is 0 Å². The van der Waals surface area contributed by atoms with Gasteiger partial charge in [0.2, 0.25) is 0 Å². The first kappa shape index (κ1) is 20.4. The Morgan fingerprint density at radius 3 is 2.21 bits per heavy atom. The SMILES string of the molecule is CN=C(NCC1(N(C)C)Cc2ccccc2C1)N1CC2C3CCC(O3)C2C1.I. The van der Waals surface area contributed by atoms with Gasteiger partial charge in [-0.1, -0.05) is 24.3 Å². The summed E-state index contributed by atoms with van der Waals surface area (Å²) in [5.74, 6) is 2.49. The quantitative estimate of drug-likeness (QED) is 0.397. The fourth-order valence-electron chi connectivity index (χ4n) is 5.98. The Morgan fingerprint density at radius 2 is 1.71 bits per heavy atom. The summed E-state index contributed by atoms with van der Waals surface area (Å²) in [4.78, 5) is 9.52. The van der Waals surface area contributed by atoms with Crippen LogP contribution in [0, 0.1) is 11.8 Å². The lowest BCUT2D eigenvalue weighted by Gasteiger charge is -2.38. The largest absolute Gasteiger partial charge is 0.374 e. The number of fused-ring (bicyclic) bond motifs is 6. The highest BCUT2D eigenvalue weighted by Crippen LogP contribution is 2.47. The lowest BCUT2D eigenvalue weighted by atomic mass is 9.82. The molecule has 0 radical (unpaired) electrons. The Balaban J connectivity index is 0.00000192. The van der Waals surface area contributed by atoms with Gasteiger partial charge in [0.25, 0.3) is 0 Å². The summed E-state index contributed by atoms with van der Waals surface area (Å²) >= 11 is 0. The number of likely N-dealkylation sites (N-methyl/N-ethyl adjacent to an activating group) is 1. The molecule has 3 aliphatic heterocycles. The maximum Gasteiger partial charge on any atom is 0.193 e. The van der Waals surface area contributed by atoms with Crippen LogP contribution < -0.4 is 5.32 Å². The predicted octanol–water partition coefficient (Wildman–Crippen LogP) is 2.39. The molecule has 3 fully saturated rings. The van der Waals surface area contributed by atoms with Gasteiger partial charge in [0.05, 0.1) is 12.2 Å². The summed E-state index contributed by atoms with van der Waals surface area (Å²) in [5, 5.41) is 3.74. The van der Waals surface area contributed by atoms with Crippen LogP contribution in [-0.4, -0.2) is 74.3 Å². The van der Waals surface area contributed by atoms with E-state index >= 15 is 0 Å². The number of hydrogen-bond acceptors (Lipinski definition) is 3. The first-order chi connectivity index (χ1) is 13.1. The second-order valence-corrected chi connectivity index (χ2v) is 9.16. The molecule has 4 aliphatic rings. The van der Waals surface area contributed by atoms with Gasteiger partial charge < -0.3 is 19.9 Å². The minimum atomic E-state index is 0. The number of likely N-dealkylation sites (tertiary alicyclic amines) is 1. The molecular formula is C22H33IN4O. The van der Waals surface area contributed by atoms with Gasteiger partial charge in [-0.3, -0.25) is 4.99 Å². The van der Waals surface area contributed by atoms with Crippen LogP contribution in [0.4, 0.5) is 0 Å². The van der Waals surface area contributed by atoms with Crippen LogP contribution in [0.2, 0.25) is 0 Å². The van der Waals surface area contributed by atoms with Gasteiger partial charge in [-0.15, -0.1) is 24.0 Å². The first-order valence-electron chi connectivity index (χ1n) is 10.4. The molecule has 5 nitrogen and oxygen atoms in total. The fourth-order valence-corrected chi connectivity index (χ4v) is 5.98. The van der Waals surface area contributed by atoms with E-state index in [0.29, 0.717) is 24.0 Å². The molecule has 0 saturated carbocycles. The molecule has 0 aromatic heterocycles. The minimum absolute atomic E-state index is 0. The molecule has 6 heteroatoms. The lowest BCUT2D eigenvalue weighted by molar-refractivity contribution is 0.0765. The molecular weight excluding hydrogens is 463 g/mol. The second kappa shape index (κ2) is 7.76. The zero-order valence-corrected chi connectivity index (χ0v) is 19.6. The van der Waals surface area contributed by atoms with E-state index in [1.807, 2.05) is 7.05 Å². The van der Waals surface area contributed by atoms with Crippen molar-refractivity contribution >= 4 is 29.9 Å². The van der Waals surface area contributed by atoms with Crippen molar-refractivity contribution in [1.82, 2.24) is 15.1 Å². The fraction of sp³-hybridized carbons (Fsp3) is 0.682. The summed E-state index contributed by atoms with van der Waals surface area (Å²) < 4.78 is 6.13. The summed E-state index contributed by atoms with van der Waals surface area (Å²) in [6.07, 6.45) is 5.72. The third-order valence-corrected chi connectivity index (χ3v) is 7.65. The molecule has 2 bridgehead atoms. The summed E-state index contributed by atoms with van der Waals surface area (Å²) in [5.41, 5.74) is 3.11. The smallest absolute Gasteiger partial charge is 0.193 e. The molecule has 4 atom stereocenters. The third kappa shape index (κ3) is 3.25. The lowest BCUT2D eigenvalue weighted by Crippen LogP contribution is -2.55. The predicted molar refractivity (Wildman–Crippen MR) is 123 cm³/mol. The van der Waals surface area contributed by atoms with E-state index in [4.69, 9.17) is 4.74 Å². The van der Waals surface area contributed by atoms with Crippen molar-refractivity contribution in [3.8, 4) is 0 Å². The molecule has 5 rings (SSSR count). The molecule has 1 aromatic carbocycles. The number of rotatable bonds is 3. The van der Waals surface area contributed by atoms with E-state index in [2.05, 4.69) is 58.5 Å². The van der Waals surface area contributed by atoms with Crippen molar-refractivity contribution < 1.29 is 4.74 Å². The van der Waals surface area contributed by atoms with Gasteiger partial charge in [0.1, 0.15) is 0 Å². The standard InChI is InChI=1S/C22H32N4O.HI/c1-23-21(26-12-17-18(13-26)20-9-8-19(17)27-20)24-14-22(25(2)3)10-15-6-4-5-7-16(15)11-22;/h4-7,17-20H,8-14H2,1-3H3,(H,23,24);1H. The number of halogens is 1. The van der Waals surface area contributed by atoms with Crippen molar-refractivity contribution in [3.05, 3.63) is 35.4 Å². The number of nitrogens with one attached hydrogen (secondary N) is 1. The number of aliphatic imine (C=N–C) groups is 1. The molecule has 0 spiro atoms. The van der Waals surface area contributed by atoms with Gasteiger partial charge in [-0.2, -0.15) is 0 Å². The average molecular weight is 496 g/mol. The Labute approximate surface area is 185 Å². The maximum absolute atomic E-state index is 6.13. The second-order valence-electron chi connectivity index (χ2n) is 9.16. The number of hydrogen-bond donors (Lipinski definition) is 1. The minimum Gasteiger partial charge on any atom is -0.374 e. The monoisotopic (exact) mass is 496 g/mol. The van der Waals surface area contributed by atoms with Crippen molar-refractivity contribution in [1.29, 1.82) is 0 Å². The van der Waals surface area contributed by atoms with E-state index < -0.39 is 0 Å². The van der Waals surface area contributed by atoms with E-state index in [1.165, 1.54) is 24.0 Å². The van der Waals surface area contributed by atoms with Gasteiger partial charge in [-0.05, 0) is 50.9 Å². The highest BCUT2D eigenvalue weighted by atomic mass is 127. The molecule has 4 unspecified atom stereocenters. The van der Waals surface area contributed by atoms with Crippen LogP contribution in [-0.2, 0) is 17.6 Å². The normalized spacial score (nSPS) is 32.4. The Kier molecular flexibility index (Phi) is 5.66. The van der Waals surface area contributed by atoms with Crippen molar-refractivity contribution in [3.63, 3.8) is 0 Å². The summed E-state index contributed by atoms with van der Waals surface area (Å²) in [6.45, 7) is 3.12. The van der Waals surface area contributed by atoms with Crippen LogP contribution in [0.5, 0.6) is 0 Å². The van der Waals surface area contributed by atoms with E-state index in [0.717, 1.165) is 38.4 Å². The maximum atomic E-state index is 6.13. The van der Waals surface area contributed by atoms with Crippen molar-refractivity contribution in [2.75, 3.05) is 40.8 Å². The summed E-state index contributed by atoms with van der Waals surface area (Å²) in [7, 11) is 6.35. The topological polar surface area (TPSA) is 40.1 Å². The molecule has 1 aromatic rings. The van der Waals surface area contributed by atoms with Crippen LogP contribution in [0.15, 0.2) is 29.3 Å². The average Bonchev–Trinajstić information content (AvgIpc) is 3.41. The Morgan fingerprint density at radius 1 is 1.14 bits per heavy atom. The van der Waals surface area contributed by atoms with Crippen molar-refractivity contribution in [2.24, 2.45) is 16.8 Å². The number of nitrogens with zero attached hydrogens (tertiary/aromatic N) is 3. The van der Waals surface area contributed by atoms with Gasteiger partial charge >= 0.3 is 0 Å². The van der Waals surface area contributed by atoms with E-state index in [1.54, 1.807) is 0 Å². The van der Waals surface area contributed by atoms with Crippen LogP contribution in [0.25, 0.3) is 0 Å². The highest BCUT2D eigenvalue weighted by molar-refractivity contribution is 14.0. The number of guanidine groups is 1. The number of ether oxygens (including phenoxy) is 1. The van der Waals surface area contributed by atoms with Crippen LogP contribution in [0.1, 0.15) is 24.0 Å². The third-order valence-electron chi connectivity index (χ3n) is 7.65. The van der Waals surface area contributed by atoms with Crippen LogP contribution >= 0.6 is 24.0 Å². The molecule has 3 saturated heterocycles. The van der Waals surface area contributed by atoms with Gasteiger partial charge in [-0.25, -0.2) is 0 Å². The highest BCUT2D eigenvalue weighted by Gasteiger charge is 2.53. The molecule has 154 valence electrons. The zero-order chi connectivity index (χ0) is 18.6. The molecule has 1 N–H and O–H groups in total. The summed E-state index contributed by atoms with van der Waals surface area (Å²) in [6, 6.07) is 8.90. The molecule has 1 aliphatic carbocycles. The van der Waals surface area contributed by atoms with E-state index in [-0.39, 0.29) is 29.5 Å². The van der Waals surface area contributed by atoms with Gasteiger partial charge in [0, 0.05) is 44.1 Å². The molecule has 28 heavy (non-hydrogen) atoms. The van der Waals surface area contributed by atoms with Crippen molar-refractivity contribution in [2.45, 2.75) is 43.4 Å². The number of benzene rings is 1. The Bertz CT molecular complexity index is 709. The zero-order valence-electron chi connectivity index (χ0n) is 17.2. The Hall–Kier alpha value is -0.860. The van der Waals surface area contributed by atoms with E-state index in [9.17, 15) is 0 Å².